The van der Waals surface area contributed by atoms with Gasteiger partial charge in [-0.25, -0.2) is 0 Å². The standard InChI is InChI=1S/C7H5Br2ClO/c1-11-5-3-2-4(10)6(8)7(5)9/h2-3H,1H3. The first-order chi connectivity index (χ1) is 5.16. The van der Waals surface area contributed by atoms with Gasteiger partial charge in [-0.1, -0.05) is 11.6 Å². The number of ether oxygens (including phenoxy) is 1. The van der Waals surface area contributed by atoms with Crippen molar-refractivity contribution in [2.75, 3.05) is 7.11 Å². The van der Waals surface area contributed by atoms with E-state index >= 15 is 0 Å². The molecule has 1 nitrogen and oxygen atoms in total. The highest BCUT2D eigenvalue weighted by atomic mass is 79.9. The molecule has 0 heterocycles. The fourth-order valence-electron chi connectivity index (χ4n) is 0.666. The Balaban J connectivity index is 3.25. The second-order valence-electron chi connectivity index (χ2n) is 1.88. The van der Waals surface area contributed by atoms with Crippen LogP contribution in [0.5, 0.6) is 5.75 Å². The van der Waals surface area contributed by atoms with Crippen LogP contribution in [0.4, 0.5) is 0 Å². The molecule has 0 bridgehead atoms. The average molecular weight is 300 g/mol. The third kappa shape index (κ3) is 1.89. The highest BCUT2D eigenvalue weighted by molar-refractivity contribution is 9.13. The molecule has 1 aromatic carbocycles. The van der Waals surface area contributed by atoms with E-state index in [0.717, 1.165) is 14.7 Å². The molecule has 0 aliphatic rings. The Bertz CT molecular complexity index is 275. The predicted octanol–water partition coefficient (Wildman–Crippen LogP) is 3.87. The first-order valence-corrected chi connectivity index (χ1v) is 4.80. The molecule has 0 atom stereocenters. The third-order valence-corrected chi connectivity index (χ3v) is 3.91. The smallest absolute Gasteiger partial charge is 0.134 e. The maximum absolute atomic E-state index is 5.81. The highest BCUT2D eigenvalue weighted by Crippen LogP contribution is 2.37. The Morgan fingerprint density at radius 1 is 1.27 bits per heavy atom. The summed E-state index contributed by atoms with van der Waals surface area (Å²) in [5.41, 5.74) is 0. The molecule has 0 aromatic heterocycles. The van der Waals surface area contributed by atoms with Crippen molar-refractivity contribution in [1.82, 2.24) is 0 Å². The van der Waals surface area contributed by atoms with Gasteiger partial charge in [-0.15, -0.1) is 0 Å². The molecule has 0 aliphatic heterocycles. The van der Waals surface area contributed by atoms with Gasteiger partial charge in [0.25, 0.3) is 0 Å². The lowest BCUT2D eigenvalue weighted by molar-refractivity contribution is 0.412. The largest absolute Gasteiger partial charge is 0.496 e. The minimum absolute atomic E-state index is 0.665. The lowest BCUT2D eigenvalue weighted by atomic mass is 10.3. The molecule has 1 rings (SSSR count). The minimum atomic E-state index is 0.665. The fraction of sp³-hybridized carbons (Fsp3) is 0.143. The van der Waals surface area contributed by atoms with Crippen molar-refractivity contribution in [3.8, 4) is 5.75 Å². The normalized spacial score (nSPS) is 9.82. The van der Waals surface area contributed by atoms with Gasteiger partial charge in [-0.2, -0.15) is 0 Å². The van der Waals surface area contributed by atoms with Crippen LogP contribution in [0.1, 0.15) is 0 Å². The summed E-state index contributed by atoms with van der Waals surface area (Å²) in [4.78, 5) is 0. The lowest BCUT2D eigenvalue weighted by Gasteiger charge is -2.04. The van der Waals surface area contributed by atoms with Crippen molar-refractivity contribution in [3.63, 3.8) is 0 Å². The Kier molecular flexibility index (Phi) is 3.22. The molecule has 0 spiro atoms. The number of rotatable bonds is 1. The molecular formula is C7H5Br2ClO. The SMILES string of the molecule is COc1ccc(Cl)c(Br)c1Br. The number of methoxy groups -OCH3 is 1. The van der Waals surface area contributed by atoms with Gasteiger partial charge < -0.3 is 4.74 Å². The van der Waals surface area contributed by atoms with E-state index in [0.29, 0.717) is 5.02 Å². The van der Waals surface area contributed by atoms with E-state index in [1.807, 2.05) is 0 Å². The third-order valence-electron chi connectivity index (χ3n) is 1.22. The van der Waals surface area contributed by atoms with Crippen LogP contribution < -0.4 is 4.74 Å². The highest BCUT2D eigenvalue weighted by Gasteiger charge is 2.06. The molecule has 4 heteroatoms. The van der Waals surface area contributed by atoms with Gasteiger partial charge in [-0.05, 0) is 44.0 Å². The lowest BCUT2D eigenvalue weighted by Crippen LogP contribution is -1.84. The second kappa shape index (κ2) is 3.78. The molecule has 11 heavy (non-hydrogen) atoms. The molecule has 1 aromatic rings. The van der Waals surface area contributed by atoms with Crippen molar-refractivity contribution in [1.29, 1.82) is 0 Å². The maximum atomic E-state index is 5.81. The van der Waals surface area contributed by atoms with Gasteiger partial charge in [0.05, 0.1) is 21.1 Å². The van der Waals surface area contributed by atoms with Crippen molar-refractivity contribution in [2.24, 2.45) is 0 Å². The summed E-state index contributed by atoms with van der Waals surface area (Å²) in [6.07, 6.45) is 0. The number of hydrogen-bond acceptors (Lipinski definition) is 1. The number of halogens is 3. The van der Waals surface area contributed by atoms with Crippen LogP contribution in [0.15, 0.2) is 21.1 Å². The van der Waals surface area contributed by atoms with Crippen molar-refractivity contribution < 1.29 is 4.74 Å². The van der Waals surface area contributed by atoms with Crippen LogP contribution >= 0.6 is 43.5 Å². The molecule has 0 aliphatic carbocycles. The zero-order chi connectivity index (χ0) is 8.43. The number of hydrogen-bond donors (Lipinski definition) is 0. The topological polar surface area (TPSA) is 9.23 Å². The Hall–Kier alpha value is 0.270. The summed E-state index contributed by atoms with van der Waals surface area (Å²) in [6, 6.07) is 3.58. The summed E-state index contributed by atoms with van der Waals surface area (Å²) in [6.45, 7) is 0. The van der Waals surface area contributed by atoms with E-state index in [2.05, 4.69) is 31.9 Å². The van der Waals surface area contributed by atoms with Crippen molar-refractivity contribution >= 4 is 43.5 Å². The Morgan fingerprint density at radius 3 is 2.45 bits per heavy atom. The van der Waals surface area contributed by atoms with Gasteiger partial charge in [-0.3, -0.25) is 0 Å². The monoisotopic (exact) mass is 298 g/mol. The summed E-state index contributed by atoms with van der Waals surface area (Å²) in [7, 11) is 1.61. The first-order valence-electron chi connectivity index (χ1n) is 2.84. The van der Waals surface area contributed by atoms with E-state index in [4.69, 9.17) is 16.3 Å². The Labute approximate surface area is 86.9 Å². The van der Waals surface area contributed by atoms with Crippen LogP contribution in [0.2, 0.25) is 5.02 Å². The van der Waals surface area contributed by atoms with Crippen LogP contribution in [0, 0.1) is 0 Å². The minimum Gasteiger partial charge on any atom is -0.496 e. The zero-order valence-electron chi connectivity index (χ0n) is 5.70. The van der Waals surface area contributed by atoms with Crippen LogP contribution in [-0.4, -0.2) is 7.11 Å². The van der Waals surface area contributed by atoms with Gasteiger partial charge in [0.2, 0.25) is 0 Å². The van der Waals surface area contributed by atoms with Gasteiger partial charge in [0, 0.05) is 0 Å². The van der Waals surface area contributed by atoms with Crippen molar-refractivity contribution in [3.05, 3.63) is 26.1 Å². The average Bonchev–Trinajstić information content (AvgIpc) is 2.01. The van der Waals surface area contributed by atoms with E-state index < -0.39 is 0 Å². The molecule has 0 fully saturated rings. The maximum Gasteiger partial charge on any atom is 0.134 e. The number of benzene rings is 1. The summed E-state index contributed by atoms with van der Waals surface area (Å²) in [5, 5.41) is 0.665. The Morgan fingerprint density at radius 2 is 1.91 bits per heavy atom. The summed E-state index contributed by atoms with van der Waals surface area (Å²) >= 11 is 12.5. The fourth-order valence-corrected chi connectivity index (χ4v) is 1.77. The van der Waals surface area contributed by atoms with E-state index in [9.17, 15) is 0 Å². The zero-order valence-corrected chi connectivity index (χ0v) is 9.62. The molecule has 0 unspecified atom stereocenters. The van der Waals surface area contributed by atoms with Gasteiger partial charge in [0.15, 0.2) is 0 Å². The first kappa shape index (κ1) is 9.36. The van der Waals surface area contributed by atoms with Crippen molar-refractivity contribution in [2.45, 2.75) is 0 Å². The molecule has 0 saturated carbocycles. The predicted molar refractivity (Wildman–Crippen MR) is 53.4 cm³/mol. The molecule has 0 amide bonds. The second-order valence-corrected chi connectivity index (χ2v) is 3.87. The van der Waals surface area contributed by atoms with E-state index in [1.54, 1.807) is 19.2 Å². The molecule has 0 N–H and O–H groups in total. The van der Waals surface area contributed by atoms with Crippen LogP contribution in [0.25, 0.3) is 0 Å². The van der Waals surface area contributed by atoms with E-state index in [-0.39, 0.29) is 0 Å². The molecule has 0 saturated heterocycles. The molecule has 60 valence electrons. The van der Waals surface area contributed by atoms with Crippen LogP contribution in [-0.2, 0) is 0 Å². The quantitative estimate of drug-likeness (QED) is 0.715. The molecule has 0 radical (unpaired) electrons. The van der Waals surface area contributed by atoms with Gasteiger partial charge in [0.1, 0.15) is 5.75 Å². The van der Waals surface area contributed by atoms with E-state index in [1.165, 1.54) is 0 Å². The van der Waals surface area contributed by atoms with Crippen LogP contribution in [0.3, 0.4) is 0 Å². The summed E-state index contributed by atoms with van der Waals surface area (Å²) in [5.74, 6) is 0.765. The molecular weight excluding hydrogens is 295 g/mol. The summed E-state index contributed by atoms with van der Waals surface area (Å²) < 4.78 is 6.70. The van der Waals surface area contributed by atoms with Gasteiger partial charge >= 0.3 is 0 Å².